The molecule has 0 saturated heterocycles. The predicted molar refractivity (Wildman–Crippen MR) is 27.8 cm³/mol. The molecule has 0 amide bonds. The van der Waals surface area contributed by atoms with Crippen molar-refractivity contribution in [1.82, 2.24) is 0 Å². The van der Waals surface area contributed by atoms with Gasteiger partial charge in [0.2, 0.25) is 0 Å². The van der Waals surface area contributed by atoms with Crippen LogP contribution in [0.1, 0.15) is 0 Å². The molecule has 0 fully saturated rings. The fourth-order valence-corrected chi connectivity index (χ4v) is 0. The summed E-state index contributed by atoms with van der Waals surface area (Å²) in [5, 5.41) is 14.4. The van der Waals surface area contributed by atoms with Gasteiger partial charge in [-0.1, -0.05) is 0 Å². The Bertz CT molecular complexity index is 70.0. The van der Waals surface area contributed by atoms with E-state index in [2.05, 4.69) is 23.2 Å². The Balaban J connectivity index is 0. The summed E-state index contributed by atoms with van der Waals surface area (Å²) in [6, 6.07) is 0. The van der Waals surface area contributed by atoms with E-state index in [0.717, 1.165) is 0 Å². The monoisotopic (exact) mass is 160 g/mol. The van der Waals surface area contributed by atoms with Gasteiger partial charge in [-0.2, -0.15) is 0 Å². The summed E-state index contributed by atoms with van der Waals surface area (Å²) in [6.07, 6.45) is 0. The second-order valence-corrected chi connectivity index (χ2v) is 1.15. The van der Waals surface area contributed by atoms with Gasteiger partial charge in [-0.25, -0.2) is 9.59 Å². The standard InChI is InChI=1S/2CHClO2/c2*2-1(3)4/h2*(H,3,4). The van der Waals surface area contributed by atoms with Crippen molar-refractivity contribution in [3.63, 3.8) is 0 Å². The molecule has 0 aromatic rings. The predicted octanol–water partition coefficient (Wildman–Crippen LogP) is 1.81. The van der Waals surface area contributed by atoms with Crippen LogP contribution in [0.25, 0.3) is 0 Å². The lowest BCUT2D eigenvalue weighted by Gasteiger charge is -1.55. The van der Waals surface area contributed by atoms with Crippen molar-refractivity contribution in [3.8, 4) is 0 Å². The van der Waals surface area contributed by atoms with Gasteiger partial charge in [-0.3, -0.25) is 0 Å². The van der Waals surface area contributed by atoms with Crippen LogP contribution in [0, 0.1) is 0 Å². The summed E-state index contributed by atoms with van der Waals surface area (Å²) in [4.78, 5) is 17.5. The zero-order valence-electron chi connectivity index (χ0n) is 3.47. The van der Waals surface area contributed by atoms with Gasteiger partial charge in [0.15, 0.2) is 0 Å². The highest BCUT2D eigenvalue weighted by atomic mass is 35.5. The van der Waals surface area contributed by atoms with Crippen molar-refractivity contribution < 1.29 is 19.8 Å². The van der Waals surface area contributed by atoms with E-state index in [1.807, 2.05) is 0 Å². The molecule has 0 aliphatic heterocycles. The molecule has 6 heteroatoms. The smallest absolute Gasteiger partial charge is 0.401 e. The zero-order valence-corrected chi connectivity index (χ0v) is 4.98. The molecule has 0 aromatic heterocycles. The first-order valence-corrected chi connectivity index (χ1v) is 1.99. The van der Waals surface area contributed by atoms with E-state index in [-0.39, 0.29) is 0 Å². The average molecular weight is 161 g/mol. The molecular formula is C2H2Cl2O4. The maximum Gasteiger partial charge on any atom is 0.401 e. The van der Waals surface area contributed by atoms with E-state index in [1.54, 1.807) is 0 Å². The van der Waals surface area contributed by atoms with E-state index in [9.17, 15) is 0 Å². The second kappa shape index (κ2) is 6.52. The molecule has 0 unspecified atom stereocenters. The Morgan fingerprint density at radius 1 is 1.00 bits per heavy atom. The highest BCUT2D eigenvalue weighted by molar-refractivity contribution is 6.60. The number of carbonyl (C=O) groups is 2. The lowest BCUT2D eigenvalue weighted by atomic mass is 11.6. The molecule has 0 aliphatic carbocycles. The first-order valence-electron chi connectivity index (χ1n) is 1.23. The summed E-state index contributed by atoms with van der Waals surface area (Å²) >= 11 is 8.38. The fourth-order valence-electron chi connectivity index (χ4n) is 0. The van der Waals surface area contributed by atoms with E-state index < -0.39 is 10.9 Å². The summed E-state index contributed by atoms with van der Waals surface area (Å²) in [6.45, 7) is 0. The van der Waals surface area contributed by atoms with Crippen LogP contribution >= 0.6 is 23.2 Å². The van der Waals surface area contributed by atoms with Gasteiger partial charge in [-0.05, 0) is 0 Å². The Morgan fingerprint density at radius 3 is 1.00 bits per heavy atom. The van der Waals surface area contributed by atoms with Gasteiger partial charge >= 0.3 is 10.9 Å². The molecule has 0 bridgehead atoms. The number of carboxylic acid groups (broad SMARTS) is 2. The quantitative estimate of drug-likeness (QED) is 0.531. The molecule has 0 rings (SSSR count). The molecule has 0 aromatic carbocycles. The Hall–Kier alpha value is -0.480. The van der Waals surface area contributed by atoms with Gasteiger partial charge in [-0.15, -0.1) is 0 Å². The van der Waals surface area contributed by atoms with Crippen LogP contribution in [-0.2, 0) is 0 Å². The third-order valence-electron chi connectivity index (χ3n) is 0. The van der Waals surface area contributed by atoms with Gasteiger partial charge in [0.25, 0.3) is 0 Å². The van der Waals surface area contributed by atoms with Crippen LogP contribution in [-0.4, -0.2) is 21.1 Å². The van der Waals surface area contributed by atoms with Crippen LogP contribution in [0.15, 0.2) is 0 Å². The minimum Gasteiger partial charge on any atom is -0.469 e. The molecule has 0 atom stereocenters. The minimum atomic E-state index is -1.36. The Labute approximate surface area is 54.6 Å². The maximum atomic E-state index is 8.77. The SMILES string of the molecule is O=C(O)Cl.O=C(O)Cl. The molecule has 4 nitrogen and oxygen atoms in total. The Morgan fingerprint density at radius 2 is 1.00 bits per heavy atom. The molecule has 0 radical (unpaired) electrons. The highest BCUT2D eigenvalue weighted by Gasteiger charge is 1.71. The van der Waals surface area contributed by atoms with E-state index in [0.29, 0.717) is 0 Å². The van der Waals surface area contributed by atoms with Crippen LogP contribution in [0.3, 0.4) is 0 Å². The van der Waals surface area contributed by atoms with Crippen LogP contribution in [0.2, 0.25) is 0 Å². The lowest BCUT2D eigenvalue weighted by molar-refractivity contribution is 0.219. The van der Waals surface area contributed by atoms with Gasteiger partial charge in [0.1, 0.15) is 0 Å². The van der Waals surface area contributed by atoms with Gasteiger partial charge in [0.05, 0.1) is 0 Å². The summed E-state index contributed by atoms with van der Waals surface area (Å²) < 4.78 is 0. The lowest BCUT2D eigenvalue weighted by Crippen LogP contribution is -1.66. The number of hydrogen-bond donors (Lipinski definition) is 2. The van der Waals surface area contributed by atoms with Crippen molar-refractivity contribution >= 4 is 34.1 Å². The second-order valence-electron chi connectivity index (χ2n) is 0.506. The maximum absolute atomic E-state index is 8.77. The van der Waals surface area contributed by atoms with E-state index in [4.69, 9.17) is 19.8 Å². The van der Waals surface area contributed by atoms with Gasteiger partial charge < -0.3 is 10.2 Å². The van der Waals surface area contributed by atoms with Crippen molar-refractivity contribution in [3.05, 3.63) is 0 Å². The van der Waals surface area contributed by atoms with E-state index in [1.165, 1.54) is 0 Å². The molecule has 0 heterocycles. The molecule has 0 spiro atoms. The molecule has 0 saturated carbocycles. The topological polar surface area (TPSA) is 74.6 Å². The summed E-state index contributed by atoms with van der Waals surface area (Å²) in [5.41, 5.74) is -2.72. The third-order valence-corrected chi connectivity index (χ3v) is 0. The molecule has 8 heavy (non-hydrogen) atoms. The van der Waals surface area contributed by atoms with Crippen LogP contribution in [0.4, 0.5) is 9.59 Å². The molecule has 0 aliphatic rings. The van der Waals surface area contributed by atoms with Gasteiger partial charge in [0, 0.05) is 23.2 Å². The van der Waals surface area contributed by atoms with Crippen LogP contribution in [0.5, 0.6) is 0 Å². The number of hydrogen-bond acceptors (Lipinski definition) is 2. The molecule has 2 N–H and O–H groups in total. The first kappa shape index (κ1) is 10.5. The van der Waals surface area contributed by atoms with Crippen molar-refractivity contribution in [2.24, 2.45) is 0 Å². The molecular weight excluding hydrogens is 159 g/mol. The van der Waals surface area contributed by atoms with Crippen molar-refractivity contribution in [2.75, 3.05) is 0 Å². The number of rotatable bonds is 0. The van der Waals surface area contributed by atoms with E-state index >= 15 is 0 Å². The zero-order chi connectivity index (χ0) is 7.15. The van der Waals surface area contributed by atoms with Crippen molar-refractivity contribution in [1.29, 1.82) is 0 Å². The normalized spacial score (nSPS) is 6.25. The summed E-state index contributed by atoms with van der Waals surface area (Å²) in [7, 11) is 0. The minimum absolute atomic E-state index is 1.36. The molecule has 48 valence electrons. The van der Waals surface area contributed by atoms with Crippen molar-refractivity contribution in [2.45, 2.75) is 0 Å². The fraction of sp³-hybridized carbons (Fsp3) is 0. The average Bonchev–Trinajstić information content (AvgIpc) is 1.25. The van der Waals surface area contributed by atoms with Crippen LogP contribution < -0.4 is 0 Å². The first-order chi connectivity index (χ1) is 3.46. The third kappa shape index (κ3) is 489. The summed E-state index contributed by atoms with van der Waals surface area (Å²) in [5.74, 6) is 0. The highest BCUT2D eigenvalue weighted by Crippen LogP contribution is 1.68. The largest absolute Gasteiger partial charge is 0.469 e. The number of halogens is 2. The Kier molecular flexibility index (Phi) is 8.55.